The fraction of sp³-hybridized carbons (Fsp3) is 0.432. The summed E-state index contributed by atoms with van der Waals surface area (Å²) < 4.78 is 19.8. The highest BCUT2D eigenvalue weighted by Crippen LogP contribution is 2.40. The van der Waals surface area contributed by atoms with Gasteiger partial charge in [0.25, 0.3) is 17.4 Å². The van der Waals surface area contributed by atoms with E-state index < -0.39 is 11.9 Å². The molecular formula is C44H52N6O8S. The van der Waals surface area contributed by atoms with E-state index in [0.29, 0.717) is 57.5 Å². The number of aryl methyl sites for hydroxylation is 1. The number of hydrogen-bond acceptors (Lipinski definition) is 11. The minimum absolute atomic E-state index is 0.0462. The number of carbonyl (C=O) groups is 4. The average molecular weight is 825 g/mol. The lowest BCUT2D eigenvalue weighted by atomic mass is 10.0. The summed E-state index contributed by atoms with van der Waals surface area (Å²) in [6.07, 6.45) is 6.79. The second-order valence-electron chi connectivity index (χ2n) is 15.7. The molecule has 3 aliphatic rings. The van der Waals surface area contributed by atoms with E-state index in [9.17, 15) is 24.0 Å². The first kappa shape index (κ1) is 41.6. The van der Waals surface area contributed by atoms with Gasteiger partial charge in [-0.2, -0.15) is 0 Å². The van der Waals surface area contributed by atoms with E-state index in [2.05, 4.69) is 22.1 Å². The zero-order chi connectivity index (χ0) is 42.0. The summed E-state index contributed by atoms with van der Waals surface area (Å²) in [5, 5.41) is 6.05. The van der Waals surface area contributed by atoms with Gasteiger partial charge < -0.3 is 33.9 Å². The number of piperidine rings is 2. The van der Waals surface area contributed by atoms with Crippen LogP contribution in [0.1, 0.15) is 76.1 Å². The SMILES string of the molecule is C=C1c2ccc(OCCCCCN3CCC(NC(=O)c4cc5c(=O)n(C)cc(-c6cc(OC)c(CN(C)C)c(OC)c6)c5s4)CC3)cc2C(=O)N1C1CCC(=O)NC1=O. The standard InChI is InChI=1S/C44H52N6O8S/c1-26-30-11-10-29(22-31(30)44(55)50(26)35-12-13-39(51)46-41(35)52)58-19-9-7-8-16-49-17-14-28(15-18-49)45-42(53)38-23-32-40(59-38)33(25-48(4)43(32)54)27-20-36(56-5)34(24-47(2)3)37(21-27)57-6/h10-11,20-23,25,28,35H,1,7-9,12-19,24H2,2-6H3,(H,45,53)(H,46,51,52). The normalized spacial score (nSPS) is 17.5. The van der Waals surface area contributed by atoms with Gasteiger partial charge in [0.15, 0.2) is 0 Å². The number of ether oxygens (including phenoxy) is 3. The summed E-state index contributed by atoms with van der Waals surface area (Å²) in [4.78, 5) is 70.5. The van der Waals surface area contributed by atoms with Crippen molar-refractivity contribution in [2.24, 2.45) is 7.05 Å². The topological polar surface area (TPSA) is 152 Å². The number of nitrogens with one attached hydrogen (secondary N) is 2. The highest BCUT2D eigenvalue weighted by atomic mass is 32.1. The molecule has 0 aliphatic carbocycles. The Labute approximate surface area is 347 Å². The van der Waals surface area contributed by atoms with E-state index >= 15 is 0 Å². The second-order valence-corrected chi connectivity index (χ2v) is 16.8. The molecule has 312 valence electrons. The predicted molar refractivity (Wildman–Crippen MR) is 227 cm³/mol. The number of unbranched alkanes of at least 4 members (excludes halogenated alkanes) is 2. The maximum Gasteiger partial charge on any atom is 0.261 e. The lowest BCUT2D eigenvalue weighted by Crippen LogP contribution is -2.52. The molecule has 2 aromatic carbocycles. The van der Waals surface area contributed by atoms with Gasteiger partial charge in [0.1, 0.15) is 23.3 Å². The molecule has 1 atom stereocenters. The molecular weight excluding hydrogens is 773 g/mol. The highest BCUT2D eigenvalue weighted by Gasteiger charge is 2.41. The number of hydrogen-bond donors (Lipinski definition) is 2. The molecule has 2 aromatic heterocycles. The van der Waals surface area contributed by atoms with Gasteiger partial charge in [0, 0.05) is 66.9 Å². The fourth-order valence-corrected chi connectivity index (χ4v) is 9.31. The van der Waals surface area contributed by atoms with Crippen LogP contribution in [0, 0.1) is 0 Å². The Morgan fingerprint density at radius 3 is 2.36 bits per heavy atom. The maximum absolute atomic E-state index is 13.6. The van der Waals surface area contributed by atoms with Crippen LogP contribution in [0.3, 0.4) is 0 Å². The molecule has 1 unspecified atom stereocenters. The van der Waals surface area contributed by atoms with Crippen molar-refractivity contribution < 1.29 is 33.4 Å². The fourth-order valence-electron chi connectivity index (χ4n) is 8.22. The summed E-state index contributed by atoms with van der Waals surface area (Å²) in [5.74, 6) is 0.670. The molecule has 0 radical (unpaired) electrons. The molecule has 3 aliphatic heterocycles. The Balaban J connectivity index is 0.876. The minimum atomic E-state index is -0.756. The molecule has 2 saturated heterocycles. The molecule has 14 nitrogen and oxygen atoms in total. The Morgan fingerprint density at radius 2 is 1.68 bits per heavy atom. The molecule has 5 heterocycles. The van der Waals surface area contributed by atoms with Gasteiger partial charge in [-0.25, -0.2) is 0 Å². The summed E-state index contributed by atoms with van der Waals surface area (Å²) in [5.41, 5.74) is 3.99. The Kier molecular flexibility index (Phi) is 12.5. The lowest BCUT2D eigenvalue weighted by molar-refractivity contribution is -0.136. The number of pyridine rings is 1. The van der Waals surface area contributed by atoms with Gasteiger partial charge >= 0.3 is 0 Å². The summed E-state index contributed by atoms with van der Waals surface area (Å²) in [7, 11) is 8.95. The van der Waals surface area contributed by atoms with E-state index in [-0.39, 0.29) is 42.2 Å². The zero-order valence-electron chi connectivity index (χ0n) is 34.4. The first-order valence-corrected chi connectivity index (χ1v) is 20.9. The Bertz CT molecular complexity index is 2340. The van der Waals surface area contributed by atoms with Crippen molar-refractivity contribution in [2.45, 2.75) is 63.6 Å². The van der Waals surface area contributed by atoms with Crippen molar-refractivity contribution in [1.82, 2.24) is 29.9 Å². The van der Waals surface area contributed by atoms with E-state index in [1.807, 2.05) is 43.4 Å². The van der Waals surface area contributed by atoms with E-state index in [1.54, 1.807) is 44.0 Å². The minimum Gasteiger partial charge on any atom is -0.496 e. The van der Waals surface area contributed by atoms with Crippen LogP contribution in [0.15, 0.2) is 54.0 Å². The molecule has 7 rings (SSSR count). The van der Waals surface area contributed by atoms with Crippen molar-refractivity contribution in [3.8, 4) is 28.4 Å². The van der Waals surface area contributed by atoms with Crippen molar-refractivity contribution in [3.05, 3.63) is 81.1 Å². The third kappa shape index (κ3) is 8.77. The number of likely N-dealkylation sites (tertiary alicyclic amines) is 1. The molecule has 4 amide bonds. The van der Waals surface area contributed by atoms with Crippen LogP contribution in [-0.2, 0) is 23.2 Å². The quantitative estimate of drug-likeness (QED) is 0.124. The molecule has 2 N–H and O–H groups in total. The van der Waals surface area contributed by atoms with Crippen LogP contribution in [0.5, 0.6) is 17.2 Å². The predicted octanol–water partition coefficient (Wildman–Crippen LogP) is 5.02. The smallest absolute Gasteiger partial charge is 0.261 e. The molecule has 0 spiro atoms. The lowest BCUT2D eigenvalue weighted by Gasteiger charge is -2.32. The largest absolute Gasteiger partial charge is 0.496 e. The molecule has 59 heavy (non-hydrogen) atoms. The Morgan fingerprint density at radius 1 is 0.949 bits per heavy atom. The van der Waals surface area contributed by atoms with Crippen molar-refractivity contribution in [3.63, 3.8) is 0 Å². The molecule has 0 bridgehead atoms. The number of fused-ring (bicyclic) bond motifs is 2. The van der Waals surface area contributed by atoms with Crippen molar-refractivity contribution in [2.75, 3.05) is 54.6 Å². The third-order valence-corrected chi connectivity index (χ3v) is 12.5. The van der Waals surface area contributed by atoms with Gasteiger partial charge in [-0.3, -0.25) is 34.2 Å². The van der Waals surface area contributed by atoms with E-state index in [1.165, 1.54) is 16.2 Å². The average Bonchev–Trinajstić information content (AvgIpc) is 3.77. The number of nitrogens with zero attached hydrogens (tertiary/aromatic N) is 4. The summed E-state index contributed by atoms with van der Waals surface area (Å²) in [6, 6.07) is 10.2. The maximum atomic E-state index is 13.6. The highest BCUT2D eigenvalue weighted by molar-refractivity contribution is 7.21. The summed E-state index contributed by atoms with van der Waals surface area (Å²) in [6.45, 7) is 7.92. The molecule has 0 saturated carbocycles. The Hall–Kier alpha value is -5.51. The van der Waals surface area contributed by atoms with E-state index in [0.717, 1.165) is 73.1 Å². The van der Waals surface area contributed by atoms with Crippen LogP contribution in [0.2, 0.25) is 0 Å². The number of rotatable bonds is 15. The molecule has 15 heteroatoms. The number of aromatic nitrogens is 1. The number of amides is 4. The number of thiophene rings is 1. The number of carbonyl (C=O) groups excluding carboxylic acids is 4. The van der Waals surface area contributed by atoms with Crippen LogP contribution < -0.4 is 30.4 Å². The molecule has 2 fully saturated rings. The van der Waals surface area contributed by atoms with Gasteiger partial charge in [0.05, 0.1) is 42.2 Å². The second kappa shape index (κ2) is 17.8. The first-order valence-electron chi connectivity index (χ1n) is 20.1. The van der Waals surface area contributed by atoms with Crippen LogP contribution in [-0.4, -0.2) is 110 Å². The van der Waals surface area contributed by atoms with Gasteiger partial charge in [-0.05, 0) is 101 Å². The van der Waals surface area contributed by atoms with Crippen molar-refractivity contribution >= 4 is 50.7 Å². The molecule has 4 aromatic rings. The third-order valence-electron chi connectivity index (χ3n) is 11.3. The van der Waals surface area contributed by atoms with E-state index in [4.69, 9.17) is 14.2 Å². The number of methoxy groups -OCH3 is 2. The zero-order valence-corrected chi connectivity index (χ0v) is 35.2. The monoisotopic (exact) mass is 824 g/mol. The number of benzene rings is 2. The van der Waals surface area contributed by atoms with Gasteiger partial charge in [-0.15, -0.1) is 11.3 Å². The first-order chi connectivity index (χ1) is 28.4. The van der Waals surface area contributed by atoms with Gasteiger partial charge in [-0.1, -0.05) is 6.58 Å². The summed E-state index contributed by atoms with van der Waals surface area (Å²) >= 11 is 1.33. The number of imide groups is 1. The van der Waals surface area contributed by atoms with Crippen molar-refractivity contribution in [1.29, 1.82) is 0 Å². The van der Waals surface area contributed by atoms with Crippen LogP contribution in [0.4, 0.5) is 0 Å². The van der Waals surface area contributed by atoms with Gasteiger partial charge in [0.2, 0.25) is 11.8 Å². The van der Waals surface area contributed by atoms with Crippen LogP contribution >= 0.6 is 11.3 Å². The van der Waals surface area contributed by atoms with Crippen LogP contribution in [0.25, 0.3) is 26.9 Å².